The highest BCUT2D eigenvalue weighted by Gasteiger charge is 2.12. The van der Waals surface area contributed by atoms with Gasteiger partial charge in [0.2, 0.25) is 0 Å². The average molecular weight is 236 g/mol. The minimum atomic E-state index is -0.0744. The van der Waals surface area contributed by atoms with E-state index in [-0.39, 0.29) is 11.9 Å². The van der Waals surface area contributed by atoms with E-state index >= 15 is 0 Å². The summed E-state index contributed by atoms with van der Waals surface area (Å²) in [5, 5.41) is 3.61. The van der Waals surface area contributed by atoms with E-state index in [0.29, 0.717) is 5.56 Å². The van der Waals surface area contributed by atoms with Gasteiger partial charge in [0.1, 0.15) is 5.03 Å². The number of rotatable bonds is 5. The molecule has 1 aromatic heterocycles. The topological polar surface area (TPSA) is 42.0 Å². The predicted molar refractivity (Wildman–Crippen MR) is 67.8 cm³/mol. The summed E-state index contributed by atoms with van der Waals surface area (Å²) in [5.41, 5.74) is 0.628. The van der Waals surface area contributed by atoms with Crippen LogP contribution < -0.4 is 5.32 Å². The summed E-state index contributed by atoms with van der Waals surface area (Å²) in [6.07, 6.45) is 3.49. The number of nitrogens with zero attached hydrogens (tertiary/aromatic N) is 1. The molecule has 0 aliphatic rings. The van der Waals surface area contributed by atoms with Crippen LogP contribution in [0.3, 0.4) is 0 Å². The first-order valence-electron chi connectivity index (χ1n) is 5.14. The van der Waals surface area contributed by atoms with Gasteiger partial charge in [0, 0.05) is 18.0 Å². The largest absolute Gasteiger partial charge is 0.350 e. The van der Waals surface area contributed by atoms with Crippen LogP contribution >= 0.6 is 11.8 Å². The first-order chi connectivity index (χ1) is 7.65. The smallest absolute Gasteiger partial charge is 0.254 e. The monoisotopic (exact) mass is 236 g/mol. The van der Waals surface area contributed by atoms with Gasteiger partial charge < -0.3 is 5.32 Å². The molecule has 4 heteroatoms. The molecule has 0 aliphatic carbocycles. The Morgan fingerprint density at radius 3 is 3.06 bits per heavy atom. The zero-order chi connectivity index (χ0) is 12.0. The molecule has 3 nitrogen and oxygen atoms in total. The van der Waals surface area contributed by atoms with E-state index in [4.69, 9.17) is 0 Å². The van der Waals surface area contributed by atoms with Crippen LogP contribution in [0.2, 0.25) is 0 Å². The molecule has 86 valence electrons. The van der Waals surface area contributed by atoms with Gasteiger partial charge in [-0.1, -0.05) is 6.08 Å². The first kappa shape index (κ1) is 12.8. The molecule has 1 N–H and O–H groups in total. The Morgan fingerprint density at radius 2 is 2.44 bits per heavy atom. The molecule has 0 atom stereocenters. The summed E-state index contributed by atoms with van der Waals surface area (Å²) in [5.74, 6) is 0.675. The molecule has 0 unspecified atom stereocenters. The van der Waals surface area contributed by atoms with Crippen molar-refractivity contribution in [2.45, 2.75) is 24.9 Å². The molecular formula is C12H16N2OS. The molecular weight excluding hydrogens is 220 g/mol. The Labute approximate surface area is 100 Å². The molecule has 1 amide bonds. The van der Waals surface area contributed by atoms with E-state index in [2.05, 4.69) is 16.9 Å². The molecule has 0 spiro atoms. The van der Waals surface area contributed by atoms with Gasteiger partial charge in [-0.25, -0.2) is 4.98 Å². The number of hydrogen-bond acceptors (Lipinski definition) is 3. The standard InChI is InChI=1S/C12H16N2OS/c1-4-8-16-12-10(6-5-7-13-12)11(15)14-9(2)3/h4-7,9H,1,8H2,2-3H3,(H,14,15). The molecule has 0 aliphatic heterocycles. The van der Waals surface area contributed by atoms with Crippen molar-refractivity contribution in [3.8, 4) is 0 Å². The molecule has 0 fully saturated rings. The molecule has 1 aromatic rings. The van der Waals surface area contributed by atoms with Crippen molar-refractivity contribution in [1.82, 2.24) is 10.3 Å². The van der Waals surface area contributed by atoms with Crippen LogP contribution in [0.15, 0.2) is 36.0 Å². The van der Waals surface area contributed by atoms with E-state index in [9.17, 15) is 4.79 Å². The fourth-order valence-electron chi connectivity index (χ4n) is 1.16. The third-order valence-corrected chi connectivity index (χ3v) is 2.77. The van der Waals surface area contributed by atoms with E-state index in [1.54, 1.807) is 24.4 Å². The number of aromatic nitrogens is 1. The van der Waals surface area contributed by atoms with Gasteiger partial charge in [0.25, 0.3) is 5.91 Å². The number of thioether (sulfide) groups is 1. The van der Waals surface area contributed by atoms with Gasteiger partial charge in [-0.05, 0) is 26.0 Å². The third-order valence-electron chi connectivity index (χ3n) is 1.77. The van der Waals surface area contributed by atoms with Crippen molar-refractivity contribution in [3.63, 3.8) is 0 Å². The summed E-state index contributed by atoms with van der Waals surface area (Å²) in [6, 6.07) is 3.69. The zero-order valence-electron chi connectivity index (χ0n) is 9.56. The Balaban J connectivity index is 2.84. The first-order valence-corrected chi connectivity index (χ1v) is 6.13. The van der Waals surface area contributed by atoms with E-state index < -0.39 is 0 Å². The van der Waals surface area contributed by atoms with Crippen molar-refractivity contribution in [2.24, 2.45) is 0 Å². The summed E-state index contributed by atoms with van der Waals surface area (Å²) >= 11 is 1.51. The van der Waals surface area contributed by atoms with Gasteiger partial charge >= 0.3 is 0 Å². The molecule has 1 rings (SSSR count). The Kier molecular flexibility index (Phi) is 5.05. The number of amides is 1. The van der Waals surface area contributed by atoms with Crippen LogP contribution in [0.25, 0.3) is 0 Å². The second-order valence-electron chi connectivity index (χ2n) is 3.58. The van der Waals surface area contributed by atoms with E-state index in [0.717, 1.165) is 10.8 Å². The van der Waals surface area contributed by atoms with Crippen LogP contribution in [0.4, 0.5) is 0 Å². The molecule has 16 heavy (non-hydrogen) atoms. The van der Waals surface area contributed by atoms with Crippen molar-refractivity contribution in [3.05, 3.63) is 36.5 Å². The fourth-order valence-corrected chi connectivity index (χ4v) is 1.88. The second-order valence-corrected chi connectivity index (χ2v) is 4.59. The highest BCUT2D eigenvalue weighted by atomic mass is 32.2. The van der Waals surface area contributed by atoms with Gasteiger partial charge in [-0.2, -0.15) is 0 Å². The minimum absolute atomic E-state index is 0.0744. The lowest BCUT2D eigenvalue weighted by Crippen LogP contribution is -2.30. The maximum Gasteiger partial charge on any atom is 0.254 e. The number of hydrogen-bond donors (Lipinski definition) is 1. The number of carbonyl (C=O) groups is 1. The van der Waals surface area contributed by atoms with Crippen LogP contribution in [-0.4, -0.2) is 22.7 Å². The SMILES string of the molecule is C=CCSc1ncccc1C(=O)NC(C)C. The minimum Gasteiger partial charge on any atom is -0.350 e. The van der Waals surface area contributed by atoms with E-state index in [1.165, 1.54) is 11.8 Å². The molecule has 0 radical (unpaired) electrons. The summed E-state index contributed by atoms with van der Waals surface area (Å²) in [4.78, 5) is 16.0. The number of pyridine rings is 1. The summed E-state index contributed by atoms with van der Waals surface area (Å²) in [7, 11) is 0. The predicted octanol–water partition coefficient (Wildman–Crippen LogP) is 2.50. The summed E-state index contributed by atoms with van der Waals surface area (Å²) < 4.78 is 0. The number of nitrogens with one attached hydrogen (secondary N) is 1. The second kappa shape index (κ2) is 6.33. The van der Waals surface area contributed by atoms with Gasteiger partial charge in [0.15, 0.2) is 0 Å². The van der Waals surface area contributed by atoms with Crippen molar-refractivity contribution < 1.29 is 4.79 Å². The Bertz CT molecular complexity index is 377. The fraction of sp³-hybridized carbons (Fsp3) is 0.333. The van der Waals surface area contributed by atoms with E-state index in [1.807, 2.05) is 13.8 Å². The Morgan fingerprint density at radius 1 is 1.69 bits per heavy atom. The summed E-state index contributed by atoms with van der Waals surface area (Å²) in [6.45, 7) is 7.52. The van der Waals surface area contributed by atoms with Crippen LogP contribution in [0.1, 0.15) is 24.2 Å². The van der Waals surface area contributed by atoms with Gasteiger partial charge in [-0.15, -0.1) is 18.3 Å². The van der Waals surface area contributed by atoms with Gasteiger partial charge in [-0.3, -0.25) is 4.79 Å². The molecule has 0 bridgehead atoms. The van der Waals surface area contributed by atoms with Crippen molar-refractivity contribution in [2.75, 3.05) is 5.75 Å². The quantitative estimate of drug-likeness (QED) is 0.631. The maximum absolute atomic E-state index is 11.8. The Hall–Kier alpha value is -1.29. The lowest BCUT2D eigenvalue weighted by atomic mass is 10.2. The van der Waals surface area contributed by atoms with Crippen LogP contribution in [-0.2, 0) is 0 Å². The van der Waals surface area contributed by atoms with Crippen molar-refractivity contribution in [1.29, 1.82) is 0 Å². The van der Waals surface area contributed by atoms with Gasteiger partial charge in [0.05, 0.1) is 5.56 Å². The molecule has 0 saturated carbocycles. The molecule has 0 aromatic carbocycles. The normalized spacial score (nSPS) is 10.2. The van der Waals surface area contributed by atoms with Crippen molar-refractivity contribution >= 4 is 17.7 Å². The highest BCUT2D eigenvalue weighted by Crippen LogP contribution is 2.19. The van der Waals surface area contributed by atoms with Crippen LogP contribution in [0, 0.1) is 0 Å². The number of carbonyl (C=O) groups excluding carboxylic acids is 1. The lowest BCUT2D eigenvalue weighted by Gasteiger charge is -2.10. The molecule has 1 heterocycles. The maximum atomic E-state index is 11.8. The third kappa shape index (κ3) is 3.70. The molecule has 0 saturated heterocycles. The van der Waals surface area contributed by atoms with Crippen LogP contribution in [0.5, 0.6) is 0 Å². The lowest BCUT2D eigenvalue weighted by molar-refractivity contribution is 0.0939. The highest BCUT2D eigenvalue weighted by molar-refractivity contribution is 7.99. The zero-order valence-corrected chi connectivity index (χ0v) is 10.4. The average Bonchev–Trinajstić information content (AvgIpc) is 2.25.